The molecule has 0 spiro atoms. The number of nitrogens with one attached hydrogen (secondary N) is 2. The Bertz CT molecular complexity index is 1100. The summed E-state index contributed by atoms with van der Waals surface area (Å²) in [5.74, 6) is 0.635. The molecule has 1 aromatic heterocycles. The summed E-state index contributed by atoms with van der Waals surface area (Å²) in [5, 5.41) is 22.2. The zero-order valence-electron chi connectivity index (χ0n) is 14.2. The minimum atomic E-state index is -0.134. The Kier molecular flexibility index (Phi) is 4.76. The van der Waals surface area contributed by atoms with Crippen LogP contribution in [0, 0.1) is 0 Å². The van der Waals surface area contributed by atoms with Crippen molar-refractivity contribution in [1.29, 1.82) is 0 Å². The van der Waals surface area contributed by atoms with Crippen molar-refractivity contribution in [2.75, 3.05) is 11.1 Å². The number of anilines is 1. The van der Waals surface area contributed by atoms with Gasteiger partial charge in [0.05, 0.1) is 11.3 Å². The number of hydrogen-bond donors (Lipinski definition) is 3. The summed E-state index contributed by atoms with van der Waals surface area (Å²) in [6.07, 6.45) is 0. The standard InChI is InChI=1S/C20H16N4O2S/c25-17-11-4-3-9-15(17)19-22-20(24-23-19)27-12-18(26)21-16-10-5-7-13-6-1-2-8-14(13)16/h1-11,25H,12H2,(H,21,26)(H,22,23,24). The second kappa shape index (κ2) is 7.51. The van der Waals surface area contributed by atoms with Crippen LogP contribution < -0.4 is 5.32 Å². The van der Waals surface area contributed by atoms with Gasteiger partial charge >= 0.3 is 0 Å². The number of rotatable bonds is 5. The molecule has 1 amide bonds. The molecule has 0 aliphatic carbocycles. The maximum atomic E-state index is 12.3. The Morgan fingerprint density at radius 3 is 2.70 bits per heavy atom. The summed E-state index contributed by atoms with van der Waals surface area (Å²) in [6, 6.07) is 20.6. The second-order valence-corrected chi connectivity index (χ2v) is 6.79. The van der Waals surface area contributed by atoms with E-state index in [1.54, 1.807) is 18.2 Å². The van der Waals surface area contributed by atoms with Gasteiger partial charge in [0.1, 0.15) is 5.75 Å². The minimum absolute atomic E-state index is 0.124. The Labute approximate surface area is 159 Å². The number of carbonyl (C=O) groups is 1. The molecule has 0 saturated carbocycles. The predicted molar refractivity (Wildman–Crippen MR) is 107 cm³/mol. The molecule has 0 atom stereocenters. The molecule has 0 radical (unpaired) electrons. The van der Waals surface area contributed by atoms with Gasteiger partial charge in [0.25, 0.3) is 0 Å². The van der Waals surface area contributed by atoms with E-state index in [9.17, 15) is 9.90 Å². The third-order valence-electron chi connectivity index (χ3n) is 4.02. The lowest BCUT2D eigenvalue weighted by Gasteiger charge is -2.08. The summed E-state index contributed by atoms with van der Waals surface area (Å²) >= 11 is 1.23. The number of fused-ring (bicyclic) bond motifs is 1. The van der Waals surface area contributed by atoms with Gasteiger partial charge in [-0.05, 0) is 23.6 Å². The Morgan fingerprint density at radius 2 is 1.81 bits per heavy atom. The van der Waals surface area contributed by atoms with E-state index in [4.69, 9.17) is 0 Å². The molecule has 0 unspecified atom stereocenters. The van der Waals surface area contributed by atoms with Crippen molar-refractivity contribution < 1.29 is 9.90 Å². The highest BCUT2D eigenvalue weighted by Crippen LogP contribution is 2.27. The van der Waals surface area contributed by atoms with Gasteiger partial charge < -0.3 is 10.4 Å². The molecule has 0 aliphatic heterocycles. The largest absolute Gasteiger partial charge is 0.507 e. The molecule has 0 bridgehead atoms. The summed E-state index contributed by atoms with van der Waals surface area (Å²) in [5.41, 5.74) is 1.35. The van der Waals surface area contributed by atoms with Crippen LogP contribution in [-0.4, -0.2) is 31.9 Å². The smallest absolute Gasteiger partial charge is 0.234 e. The van der Waals surface area contributed by atoms with Crippen molar-refractivity contribution in [3.63, 3.8) is 0 Å². The van der Waals surface area contributed by atoms with Crippen molar-refractivity contribution in [2.45, 2.75) is 5.16 Å². The predicted octanol–water partition coefficient (Wildman–Crippen LogP) is 4.06. The Balaban J connectivity index is 1.42. The number of hydrogen-bond acceptors (Lipinski definition) is 5. The first kappa shape index (κ1) is 17.1. The number of phenolic OH excluding ortho intramolecular Hbond substituents is 1. The van der Waals surface area contributed by atoms with E-state index in [2.05, 4.69) is 20.5 Å². The normalized spacial score (nSPS) is 10.8. The first-order chi connectivity index (χ1) is 13.2. The zero-order valence-corrected chi connectivity index (χ0v) is 15.0. The van der Waals surface area contributed by atoms with E-state index in [-0.39, 0.29) is 17.4 Å². The molecule has 134 valence electrons. The molecule has 1 heterocycles. The maximum absolute atomic E-state index is 12.3. The molecule has 6 nitrogen and oxygen atoms in total. The molecule has 0 saturated heterocycles. The number of phenols is 1. The molecule has 7 heteroatoms. The van der Waals surface area contributed by atoms with E-state index < -0.39 is 0 Å². The molecule has 4 aromatic rings. The summed E-state index contributed by atoms with van der Waals surface area (Å²) < 4.78 is 0. The Morgan fingerprint density at radius 1 is 1.04 bits per heavy atom. The van der Waals surface area contributed by atoms with Crippen molar-refractivity contribution in [2.24, 2.45) is 0 Å². The van der Waals surface area contributed by atoms with E-state index in [1.807, 2.05) is 48.5 Å². The first-order valence-electron chi connectivity index (χ1n) is 8.32. The number of aromatic hydroxyl groups is 1. The van der Waals surface area contributed by atoms with E-state index in [0.29, 0.717) is 16.5 Å². The minimum Gasteiger partial charge on any atom is -0.507 e. The van der Waals surface area contributed by atoms with E-state index in [1.165, 1.54) is 11.8 Å². The van der Waals surface area contributed by atoms with E-state index in [0.717, 1.165) is 16.5 Å². The number of aromatic nitrogens is 3. The third-order valence-corrected chi connectivity index (χ3v) is 4.87. The maximum Gasteiger partial charge on any atom is 0.234 e. The lowest BCUT2D eigenvalue weighted by Crippen LogP contribution is -2.14. The fourth-order valence-electron chi connectivity index (χ4n) is 2.76. The van der Waals surface area contributed by atoms with Crippen LogP contribution in [0.2, 0.25) is 0 Å². The molecule has 0 aliphatic rings. The van der Waals surface area contributed by atoms with Crippen LogP contribution in [0.3, 0.4) is 0 Å². The van der Waals surface area contributed by atoms with Gasteiger partial charge in [0.2, 0.25) is 11.1 Å². The highest BCUT2D eigenvalue weighted by molar-refractivity contribution is 7.99. The van der Waals surface area contributed by atoms with Gasteiger partial charge in [0.15, 0.2) is 5.82 Å². The van der Waals surface area contributed by atoms with Crippen molar-refractivity contribution in [3.8, 4) is 17.1 Å². The number of benzene rings is 3. The van der Waals surface area contributed by atoms with Crippen molar-refractivity contribution in [3.05, 3.63) is 66.7 Å². The molecular formula is C20H16N4O2S. The van der Waals surface area contributed by atoms with Crippen LogP contribution in [0.5, 0.6) is 5.75 Å². The van der Waals surface area contributed by atoms with Gasteiger partial charge in [-0.25, -0.2) is 4.98 Å². The summed E-state index contributed by atoms with van der Waals surface area (Å²) in [7, 11) is 0. The fourth-order valence-corrected chi connectivity index (χ4v) is 3.35. The molecule has 3 N–H and O–H groups in total. The molecule has 0 fully saturated rings. The quantitative estimate of drug-likeness (QED) is 0.457. The lowest BCUT2D eigenvalue weighted by molar-refractivity contribution is -0.113. The fraction of sp³-hybridized carbons (Fsp3) is 0.0500. The number of carbonyl (C=O) groups excluding carboxylic acids is 1. The van der Waals surface area contributed by atoms with Gasteiger partial charge in [-0.1, -0.05) is 60.3 Å². The van der Waals surface area contributed by atoms with Crippen LogP contribution in [0.25, 0.3) is 22.2 Å². The number of H-pyrrole nitrogens is 1. The zero-order chi connectivity index (χ0) is 18.6. The highest BCUT2D eigenvalue weighted by atomic mass is 32.2. The number of thioether (sulfide) groups is 1. The number of para-hydroxylation sites is 1. The van der Waals surface area contributed by atoms with Crippen LogP contribution >= 0.6 is 11.8 Å². The number of nitrogens with zero attached hydrogens (tertiary/aromatic N) is 2. The highest BCUT2D eigenvalue weighted by Gasteiger charge is 2.12. The van der Waals surface area contributed by atoms with Crippen LogP contribution in [0.4, 0.5) is 5.69 Å². The van der Waals surface area contributed by atoms with Crippen molar-refractivity contribution >= 4 is 34.1 Å². The molecule has 27 heavy (non-hydrogen) atoms. The third kappa shape index (κ3) is 3.78. The van der Waals surface area contributed by atoms with Crippen LogP contribution in [0.15, 0.2) is 71.9 Å². The SMILES string of the molecule is O=C(CSc1n[nH]c(-c2ccccc2O)n1)Nc1cccc2ccccc12. The molecule has 3 aromatic carbocycles. The lowest BCUT2D eigenvalue weighted by atomic mass is 10.1. The van der Waals surface area contributed by atoms with Crippen LogP contribution in [-0.2, 0) is 4.79 Å². The van der Waals surface area contributed by atoms with Gasteiger partial charge in [0, 0.05) is 11.1 Å². The molecular weight excluding hydrogens is 360 g/mol. The second-order valence-electron chi connectivity index (χ2n) is 5.85. The average Bonchev–Trinajstić information content (AvgIpc) is 3.16. The summed E-state index contributed by atoms with van der Waals surface area (Å²) in [4.78, 5) is 16.6. The van der Waals surface area contributed by atoms with Crippen LogP contribution in [0.1, 0.15) is 0 Å². The number of amides is 1. The van der Waals surface area contributed by atoms with Crippen molar-refractivity contribution in [1.82, 2.24) is 15.2 Å². The van der Waals surface area contributed by atoms with Gasteiger partial charge in [-0.2, -0.15) is 0 Å². The Hall–Kier alpha value is -3.32. The average molecular weight is 376 g/mol. The number of aromatic amines is 1. The summed E-state index contributed by atoms with van der Waals surface area (Å²) in [6.45, 7) is 0. The van der Waals surface area contributed by atoms with Gasteiger partial charge in [-0.3, -0.25) is 9.89 Å². The monoisotopic (exact) mass is 376 g/mol. The molecule has 4 rings (SSSR count). The topological polar surface area (TPSA) is 90.9 Å². The first-order valence-corrected chi connectivity index (χ1v) is 9.30. The van der Waals surface area contributed by atoms with Gasteiger partial charge in [-0.15, -0.1) is 5.10 Å². The van der Waals surface area contributed by atoms with E-state index >= 15 is 0 Å².